The van der Waals surface area contributed by atoms with Gasteiger partial charge in [-0.1, -0.05) is 19.6 Å². The Labute approximate surface area is 67.6 Å². The molecule has 2 nitrogen and oxygen atoms in total. The van der Waals surface area contributed by atoms with E-state index in [0.29, 0.717) is 5.71 Å². The molecular formula is C9H14N2. The Bertz CT molecular complexity index is 200. The smallest absolute Gasteiger partial charge is 0.0603 e. The Balaban J connectivity index is 4.46. The Morgan fingerprint density at radius 2 is 2.27 bits per heavy atom. The van der Waals surface area contributed by atoms with E-state index in [1.807, 2.05) is 13.0 Å². The molecule has 0 aliphatic heterocycles. The number of allylic oxidation sites excluding steroid dienone is 4. The van der Waals surface area contributed by atoms with E-state index < -0.39 is 0 Å². The molecule has 0 saturated carbocycles. The van der Waals surface area contributed by atoms with Crippen LogP contribution in [0.4, 0.5) is 0 Å². The number of rotatable bonds is 4. The van der Waals surface area contributed by atoms with Gasteiger partial charge in [0.05, 0.1) is 5.71 Å². The summed E-state index contributed by atoms with van der Waals surface area (Å²) in [6, 6.07) is 0. The quantitative estimate of drug-likeness (QED) is 0.467. The molecule has 0 aliphatic carbocycles. The first kappa shape index (κ1) is 9.69. The summed E-state index contributed by atoms with van der Waals surface area (Å²) in [6.45, 7) is 5.52. The van der Waals surface area contributed by atoms with Crippen LogP contribution >= 0.6 is 0 Å². The number of hydrogen-bond donors (Lipinski definition) is 2. The van der Waals surface area contributed by atoms with Crippen molar-refractivity contribution in [3.05, 3.63) is 36.6 Å². The van der Waals surface area contributed by atoms with Crippen LogP contribution in [0.3, 0.4) is 0 Å². The highest BCUT2D eigenvalue weighted by Crippen LogP contribution is 2.01. The summed E-state index contributed by atoms with van der Waals surface area (Å²) in [5.41, 5.74) is 6.43. The van der Waals surface area contributed by atoms with Crippen molar-refractivity contribution in [1.82, 2.24) is 0 Å². The second-order valence-electron chi connectivity index (χ2n) is 2.04. The minimum atomic E-state index is 0.411. The third-order valence-electron chi connectivity index (χ3n) is 1.21. The van der Waals surface area contributed by atoms with Gasteiger partial charge in [0.1, 0.15) is 0 Å². The van der Waals surface area contributed by atoms with Crippen LogP contribution in [0.25, 0.3) is 0 Å². The monoisotopic (exact) mass is 150 g/mol. The van der Waals surface area contributed by atoms with Crippen molar-refractivity contribution >= 4 is 5.71 Å². The molecule has 0 aromatic rings. The predicted octanol–water partition coefficient (Wildman–Crippen LogP) is 2.00. The molecule has 0 saturated heterocycles. The van der Waals surface area contributed by atoms with Crippen molar-refractivity contribution in [3.63, 3.8) is 0 Å². The largest absolute Gasteiger partial charge is 0.405 e. The molecule has 11 heavy (non-hydrogen) atoms. The van der Waals surface area contributed by atoms with Gasteiger partial charge in [-0.3, -0.25) is 0 Å². The third kappa shape index (κ3) is 3.40. The van der Waals surface area contributed by atoms with E-state index >= 15 is 0 Å². The second-order valence-corrected chi connectivity index (χ2v) is 2.04. The molecule has 0 spiro atoms. The maximum Gasteiger partial charge on any atom is 0.0603 e. The molecule has 0 radical (unpaired) electrons. The Morgan fingerprint density at radius 1 is 1.64 bits per heavy atom. The number of hydrogen-bond acceptors (Lipinski definition) is 2. The van der Waals surface area contributed by atoms with Crippen LogP contribution in [-0.4, -0.2) is 5.71 Å². The number of nitrogens with one attached hydrogen (secondary N) is 1. The molecule has 0 fully saturated rings. The second kappa shape index (κ2) is 5.47. The predicted molar refractivity (Wildman–Crippen MR) is 49.6 cm³/mol. The van der Waals surface area contributed by atoms with E-state index in [1.54, 1.807) is 6.08 Å². The van der Waals surface area contributed by atoms with Gasteiger partial charge in [0, 0.05) is 0 Å². The zero-order valence-corrected chi connectivity index (χ0v) is 6.80. The van der Waals surface area contributed by atoms with Gasteiger partial charge in [-0.2, -0.15) is 0 Å². The minimum absolute atomic E-state index is 0.411. The fraction of sp³-hybridized carbons (Fsp3) is 0.222. The molecule has 0 aliphatic rings. The van der Waals surface area contributed by atoms with Crippen LogP contribution in [0.2, 0.25) is 0 Å². The maximum absolute atomic E-state index is 7.41. The Hall–Kier alpha value is -1.31. The van der Waals surface area contributed by atoms with E-state index in [1.165, 1.54) is 12.3 Å². The van der Waals surface area contributed by atoms with Gasteiger partial charge in [0.2, 0.25) is 0 Å². The summed E-state index contributed by atoms with van der Waals surface area (Å²) in [5.74, 6) is 0. The summed E-state index contributed by atoms with van der Waals surface area (Å²) in [5, 5.41) is 7.41. The van der Waals surface area contributed by atoms with Crippen LogP contribution in [0, 0.1) is 5.41 Å². The van der Waals surface area contributed by atoms with Crippen LogP contribution < -0.4 is 5.73 Å². The molecule has 0 rings (SSSR count). The average molecular weight is 150 g/mol. The molecule has 0 amide bonds. The van der Waals surface area contributed by atoms with Crippen LogP contribution in [0.15, 0.2) is 36.6 Å². The van der Waals surface area contributed by atoms with Crippen molar-refractivity contribution in [2.45, 2.75) is 13.3 Å². The minimum Gasteiger partial charge on any atom is -0.405 e. The molecule has 2 heteroatoms. The van der Waals surface area contributed by atoms with Crippen LogP contribution in [0.5, 0.6) is 0 Å². The SMILES string of the molecule is C=CC(=N)C(/C=C\N)=C/CC. The van der Waals surface area contributed by atoms with Crippen molar-refractivity contribution in [3.8, 4) is 0 Å². The maximum atomic E-state index is 7.41. The summed E-state index contributed by atoms with van der Waals surface area (Å²) < 4.78 is 0. The fourth-order valence-corrected chi connectivity index (χ4v) is 0.709. The highest BCUT2D eigenvalue weighted by atomic mass is 14.5. The molecular weight excluding hydrogens is 136 g/mol. The third-order valence-corrected chi connectivity index (χ3v) is 1.21. The fourth-order valence-electron chi connectivity index (χ4n) is 0.709. The Morgan fingerprint density at radius 3 is 2.64 bits per heavy atom. The molecule has 0 bridgehead atoms. The lowest BCUT2D eigenvalue weighted by Crippen LogP contribution is -1.94. The molecule has 0 unspecified atom stereocenters. The molecule has 0 aromatic heterocycles. The lowest BCUT2D eigenvalue weighted by Gasteiger charge is -1.96. The zero-order chi connectivity index (χ0) is 8.69. The topological polar surface area (TPSA) is 49.9 Å². The normalized spacial score (nSPS) is 11.9. The highest BCUT2D eigenvalue weighted by Gasteiger charge is 1.93. The molecule has 0 heterocycles. The summed E-state index contributed by atoms with van der Waals surface area (Å²) in [4.78, 5) is 0. The van der Waals surface area contributed by atoms with Gasteiger partial charge in [0.15, 0.2) is 0 Å². The van der Waals surface area contributed by atoms with Gasteiger partial charge < -0.3 is 11.1 Å². The van der Waals surface area contributed by atoms with Crippen LogP contribution in [0.1, 0.15) is 13.3 Å². The van der Waals surface area contributed by atoms with Crippen molar-refractivity contribution < 1.29 is 0 Å². The molecule has 0 aromatic carbocycles. The van der Waals surface area contributed by atoms with E-state index in [4.69, 9.17) is 11.1 Å². The van der Waals surface area contributed by atoms with Gasteiger partial charge in [-0.15, -0.1) is 0 Å². The van der Waals surface area contributed by atoms with Gasteiger partial charge in [-0.25, -0.2) is 0 Å². The summed E-state index contributed by atoms with van der Waals surface area (Å²) in [7, 11) is 0. The van der Waals surface area contributed by atoms with Crippen molar-refractivity contribution in [2.24, 2.45) is 5.73 Å². The standard InChI is InChI=1S/C9H14N2/c1-3-5-8(6-7-10)9(11)4-2/h4-7,11H,2-3,10H2,1H3/b7-6-,8-5+,11-9?. The summed E-state index contributed by atoms with van der Waals surface area (Å²) >= 11 is 0. The van der Waals surface area contributed by atoms with Gasteiger partial charge in [-0.05, 0) is 30.3 Å². The lowest BCUT2D eigenvalue weighted by molar-refractivity contribution is 1.21. The first-order valence-electron chi connectivity index (χ1n) is 3.56. The van der Waals surface area contributed by atoms with Gasteiger partial charge >= 0.3 is 0 Å². The first-order chi connectivity index (χ1) is 5.26. The highest BCUT2D eigenvalue weighted by molar-refractivity contribution is 6.07. The lowest BCUT2D eigenvalue weighted by atomic mass is 10.1. The average Bonchev–Trinajstić information content (AvgIpc) is 2.03. The van der Waals surface area contributed by atoms with E-state index in [2.05, 4.69) is 6.58 Å². The van der Waals surface area contributed by atoms with Crippen molar-refractivity contribution in [2.75, 3.05) is 0 Å². The van der Waals surface area contributed by atoms with Crippen molar-refractivity contribution in [1.29, 1.82) is 5.41 Å². The zero-order valence-electron chi connectivity index (χ0n) is 6.80. The van der Waals surface area contributed by atoms with E-state index in [0.717, 1.165) is 12.0 Å². The molecule has 3 N–H and O–H groups in total. The van der Waals surface area contributed by atoms with Gasteiger partial charge in [0.25, 0.3) is 0 Å². The summed E-state index contributed by atoms with van der Waals surface area (Å²) in [6.07, 6.45) is 7.47. The van der Waals surface area contributed by atoms with Crippen LogP contribution in [-0.2, 0) is 0 Å². The van der Waals surface area contributed by atoms with E-state index in [-0.39, 0.29) is 0 Å². The number of nitrogens with two attached hydrogens (primary N) is 1. The van der Waals surface area contributed by atoms with E-state index in [9.17, 15) is 0 Å². The molecule has 0 atom stereocenters. The first-order valence-corrected chi connectivity index (χ1v) is 3.56. The molecule has 60 valence electrons. The Kier molecular flexibility index (Phi) is 4.82.